The van der Waals surface area contributed by atoms with Crippen molar-refractivity contribution in [3.05, 3.63) is 23.8 Å². The number of methoxy groups -OCH3 is 1. The zero-order chi connectivity index (χ0) is 19.0. The number of nitrogens with one attached hydrogen (secondary N) is 1. The van der Waals surface area contributed by atoms with E-state index in [9.17, 15) is 9.59 Å². The van der Waals surface area contributed by atoms with Crippen LogP contribution in [0.1, 0.15) is 57.3 Å². The molecule has 0 fully saturated rings. The summed E-state index contributed by atoms with van der Waals surface area (Å²) in [5, 5.41) is 12.0. The van der Waals surface area contributed by atoms with Gasteiger partial charge in [0, 0.05) is 5.56 Å². The van der Waals surface area contributed by atoms with E-state index < -0.39 is 11.5 Å². The van der Waals surface area contributed by atoms with Crippen LogP contribution in [0.15, 0.2) is 18.2 Å². The molecule has 0 atom stereocenters. The minimum Gasteiger partial charge on any atom is -0.493 e. The van der Waals surface area contributed by atoms with Gasteiger partial charge in [0.2, 0.25) is 0 Å². The maximum absolute atomic E-state index is 12.6. The van der Waals surface area contributed by atoms with Crippen molar-refractivity contribution in [1.82, 2.24) is 5.32 Å². The molecular weight excluding hydrogens is 322 g/mol. The lowest BCUT2D eigenvalue weighted by Gasteiger charge is -2.31. The molecule has 0 aliphatic carbocycles. The van der Waals surface area contributed by atoms with Crippen LogP contribution in [0.25, 0.3) is 0 Å². The molecule has 1 aromatic rings. The monoisotopic (exact) mass is 351 g/mol. The smallest absolute Gasteiger partial charge is 0.305 e. The van der Waals surface area contributed by atoms with Gasteiger partial charge in [0.25, 0.3) is 5.91 Å². The average Bonchev–Trinajstić information content (AvgIpc) is 2.58. The molecule has 6 heteroatoms. The van der Waals surface area contributed by atoms with Crippen molar-refractivity contribution in [2.24, 2.45) is 5.92 Å². The molecule has 0 aromatic heterocycles. The summed E-state index contributed by atoms with van der Waals surface area (Å²) in [6.45, 7) is 8.39. The van der Waals surface area contributed by atoms with Gasteiger partial charge < -0.3 is 19.9 Å². The minimum absolute atomic E-state index is 0.113. The quantitative estimate of drug-likeness (QED) is 0.674. The van der Waals surface area contributed by atoms with E-state index in [0.717, 1.165) is 0 Å². The molecule has 0 heterocycles. The van der Waals surface area contributed by atoms with Crippen molar-refractivity contribution in [3.63, 3.8) is 0 Å². The third kappa shape index (κ3) is 5.96. The average molecular weight is 351 g/mol. The molecule has 0 aliphatic heterocycles. The third-order valence-corrected chi connectivity index (χ3v) is 4.22. The van der Waals surface area contributed by atoms with E-state index >= 15 is 0 Å². The Morgan fingerprint density at radius 3 is 2.32 bits per heavy atom. The second-order valence-electron chi connectivity index (χ2n) is 6.58. The van der Waals surface area contributed by atoms with Crippen LogP contribution in [0.3, 0.4) is 0 Å². The summed E-state index contributed by atoms with van der Waals surface area (Å²) in [5.41, 5.74) is -0.353. The molecule has 1 amide bonds. The zero-order valence-corrected chi connectivity index (χ0v) is 15.7. The Morgan fingerprint density at radius 1 is 1.20 bits per heavy atom. The van der Waals surface area contributed by atoms with E-state index in [1.807, 2.05) is 27.7 Å². The van der Waals surface area contributed by atoms with Gasteiger partial charge in [0.1, 0.15) is 0 Å². The molecular formula is C19H29NO5. The first-order chi connectivity index (χ1) is 11.8. The van der Waals surface area contributed by atoms with Crippen LogP contribution < -0.4 is 14.8 Å². The molecule has 0 aliphatic rings. The van der Waals surface area contributed by atoms with Crippen molar-refractivity contribution in [2.75, 3.05) is 13.7 Å². The lowest BCUT2D eigenvalue weighted by Crippen LogP contribution is -2.49. The van der Waals surface area contributed by atoms with Crippen molar-refractivity contribution in [2.45, 2.75) is 52.5 Å². The minimum atomic E-state index is -0.931. The maximum atomic E-state index is 12.6. The van der Waals surface area contributed by atoms with E-state index in [-0.39, 0.29) is 12.3 Å². The van der Waals surface area contributed by atoms with Crippen LogP contribution in [0.5, 0.6) is 11.5 Å². The fraction of sp³-hybridized carbons (Fsp3) is 0.579. The molecule has 25 heavy (non-hydrogen) atoms. The molecule has 2 N–H and O–H groups in total. The zero-order valence-electron chi connectivity index (χ0n) is 15.7. The number of carbonyl (C=O) groups excluding carboxylic acids is 1. The molecule has 0 unspecified atom stereocenters. The second kappa shape index (κ2) is 9.30. The lowest BCUT2D eigenvalue weighted by atomic mass is 9.88. The number of aliphatic carboxylic acids is 1. The van der Waals surface area contributed by atoms with Crippen molar-refractivity contribution >= 4 is 11.9 Å². The normalized spacial score (nSPS) is 11.3. The molecule has 0 radical (unpaired) electrons. The van der Waals surface area contributed by atoms with Gasteiger partial charge in [-0.15, -0.1) is 0 Å². The van der Waals surface area contributed by atoms with E-state index in [0.29, 0.717) is 42.4 Å². The van der Waals surface area contributed by atoms with E-state index in [1.54, 1.807) is 18.2 Å². The largest absolute Gasteiger partial charge is 0.493 e. The van der Waals surface area contributed by atoms with Gasteiger partial charge in [-0.05, 0) is 37.0 Å². The summed E-state index contributed by atoms with van der Waals surface area (Å²) in [6, 6.07) is 4.97. The Bertz CT molecular complexity index is 593. The summed E-state index contributed by atoms with van der Waals surface area (Å²) in [5.74, 6) is 0.178. The molecule has 1 rings (SSSR count). The second-order valence-corrected chi connectivity index (χ2v) is 6.58. The number of carbonyl (C=O) groups is 2. The standard InChI is InChI=1S/C19H29NO5/c1-6-19(7-2,11-17(21)22)20-18(23)14-8-9-15(16(10-14)24-5)25-12-13(3)4/h8-10,13H,6-7,11-12H2,1-5H3,(H,20,23)(H,21,22). The Morgan fingerprint density at radius 2 is 1.84 bits per heavy atom. The van der Waals surface area contributed by atoms with Gasteiger partial charge in [0.05, 0.1) is 25.7 Å². The van der Waals surface area contributed by atoms with Crippen molar-refractivity contribution in [3.8, 4) is 11.5 Å². The highest BCUT2D eigenvalue weighted by Gasteiger charge is 2.31. The van der Waals surface area contributed by atoms with Crippen LogP contribution in [-0.2, 0) is 4.79 Å². The lowest BCUT2D eigenvalue weighted by molar-refractivity contribution is -0.138. The highest BCUT2D eigenvalue weighted by molar-refractivity contribution is 5.95. The highest BCUT2D eigenvalue weighted by Crippen LogP contribution is 2.29. The summed E-state index contributed by atoms with van der Waals surface area (Å²) in [6.07, 6.45) is 0.959. The fourth-order valence-electron chi connectivity index (χ4n) is 2.51. The highest BCUT2D eigenvalue weighted by atomic mass is 16.5. The number of rotatable bonds is 10. The van der Waals surface area contributed by atoms with Gasteiger partial charge in [-0.1, -0.05) is 27.7 Å². The van der Waals surface area contributed by atoms with E-state index in [1.165, 1.54) is 7.11 Å². The molecule has 0 bridgehead atoms. The Hall–Kier alpha value is -2.24. The summed E-state index contributed by atoms with van der Waals surface area (Å²) < 4.78 is 11.0. The topological polar surface area (TPSA) is 84.9 Å². The van der Waals surface area contributed by atoms with Crippen LogP contribution in [0.4, 0.5) is 0 Å². The van der Waals surface area contributed by atoms with Gasteiger partial charge in [-0.2, -0.15) is 0 Å². The molecule has 1 aromatic carbocycles. The first-order valence-electron chi connectivity index (χ1n) is 8.62. The van der Waals surface area contributed by atoms with Crippen molar-refractivity contribution in [1.29, 1.82) is 0 Å². The number of amides is 1. The van der Waals surface area contributed by atoms with Crippen molar-refractivity contribution < 1.29 is 24.2 Å². The molecule has 0 spiro atoms. The third-order valence-electron chi connectivity index (χ3n) is 4.22. The molecule has 6 nitrogen and oxygen atoms in total. The molecule has 0 saturated carbocycles. The van der Waals surface area contributed by atoms with Gasteiger partial charge in [-0.25, -0.2) is 0 Å². The number of hydrogen-bond donors (Lipinski definition) is 2. The Balaban J connectivity index is 2.99. The van der Waals surface area contributed by atoms with E-state index in [2.05, 4.69) is 5.32 Å². The number of ether oxygens (including phenoxy) is 2. The maximum Gasteiger partial charge on any atom is 0.305 e. The van der Waals surface area contributed by atoms with Gasteiger partial charge >= 0.3 is 5.97 Å². The predicted octanol–water partition coefficient (Wildman–Crippen LogP) is 3.49. The fourth-order valence-corrected chi connectivity index (χ4v) is 2.51. The summed E-state index contributed by atoms with van der Waals surface area (Å²) in [7, 11) is 1.52. The van der Waals surface area contributed by atoms with Crippen LogP contribution in [-0.4, -0.2) is 36.2 Å². The van der Waals surface area contributed by atoms with Crippen LogP contribution in [0, 0.1) is 5.92 Å². The van der Waals surface area contributed by atoms with Crippen LogP contribution >= 0.6 is 0 Å². The van der Waals surface area contributed by atoms with E-state index in [4.69, 9.17) is 14.6 Å². The number of carboxylic acid groups (broad SMARTS) is 1. The summed E-state index contributed by atoms with van der Waals surface area (Å²) >= 11 is 0. The predicted molar refractivity (Wildman–Crippen MR) is 96.4 cm³/mol. The first kappa shape index (κ1) is 20.8. The first-order valence-corrected chi connectivity index (χ1v) is 8.62. The molecule has 140 valence electrons. The number of benzene rings is 1. The van der Waals surface area contributed by atoms with Gasteiger partial charge in [0.15, 0.2) is 11.5 Å². The SMILES string of the molecule is CCC(CC)(CC(=O)O)NC(=O)c1ccc(OCC(C)C)c(OC)c1. The van der Waals surface area contributed by atoms with Crippen LogP contribution in [0.2, 0.25) is 0 Å². The molecule has 0 saturated heterocycles. The Labute approximate surface area is 149 Å². The Kier molecular flexibility index (Phi) is 7.74. The van der Waals surface area contributed by atoms with Gasteiger partial charge in [-0.3, -0.25) is 9.59 Å². The summed E-state index contributed by atoms with van der Waals surface area (Å²) in [4.78, 5) is 23.7. The number of carboxylic acids is 1. The number of hydrogen-bond acceptors (Lipinski definition) is 4.